The summed E-state index contributed by atoms with van der Waals surface area (Å²) in [7, 11) is 0. The van der Waals surface area contributed by atoms with E-state index >= 15 is 0 Å². The summed E-state index contributed by atoms with van der Waals surface area (Å²) in [6.45, 7) is 9.42. The smallest absolute Gasteiger partial charge is 0.157 e. The Labute approximate surface area is 412 Å². The third-order valence-corrected chi connectivity index (χ3v) is 15.8. The molecule has 334 valence electrons. The molecule has 4 heteroatoms. The van der Waals surface area contributed by atoms with Crippen LogP contribution in [0.3, 0.4) is 0 Å². The molecule has 0 spiro atoms. The zero-order valence-corrected chi connectivity index (χ0v) is 40.0. The second-order valence-electron chi connectivity index (χ2n) is 18.8. The number of aliphatic imine (C=N–C) groups is 2. The zero-order chi connectivity index (χ0) is 46.9. The number of thiophene rings is 1. The van der Waals surface area contributed by atoms with Gasteiger partial charge in [0.1, 0.15) is 0 Å². The van der Waals surface area contributed by atoms with Crippen LogP contribution in [0.1, 0.15) is 54.9 Å². The summed E-state index contributed by atoms with van der Waals surface area (Å²) in [6.07, 6.45) is 1.76. The van der Waals surface area contributed by atoms with Crippen LogP contribution in [-0.2, 0) is 0 Å². The molecule has 0 aliphatic heterocycles. The Hall–Kier alpha value is -8.18. The lowest BCUT2D eigenvalue weighted by Crippen LogP contribution is -2.18. The van der Waals surface area contributed by atoms with Gasteiger partial charge in [0.15, 0.2) is 5.84 Å². The highest BCUT2D eigenvalue weighted by Crippen LogP contribution is 2.50. The van der Waals surface area contributed by atoms with Gasteiger partial charge >= 0.3 is 0 Å². The number of hydrogen-bond donors (Lipinski definition) is 0. The lowest BCUT2D eigenvalue weighted by Gasteiger charge is -2.24. The molecule has 1 atom stereocenters. The average Bonchev–Trinajstić information content (AvgIpc) is 4.07. The molecule has 1 aliphatic rings. The monoisotopic (exact) mass is 915 g/mol. The minimum Gasteiger partial charge on any atom is -0.308 e. The Balaban J connectivity index is 1.12. The molecular formula is C66H49N3S. The first-order valence-corrected chi connectivity index (χ1v) is 25.3. The third-order valence-electron chi connectivity index (χ3n) is 14.6. The summed E-state index contributed by atoms with van der Waals surface area (Å²) in [5, 5.41) is 9.78. The first-order chi connectivity index (χ1) is 34.5. The van der Waals surface area contributed by atoms with E-state index in [-0.39, 0.29) is 12.0 Å². The van der Waals surface area contributed by atoms with E-state index in [9.17, 15) is 0 Å². The van der Waals surface area contributed by atoms with E-state index in [2.05, 4.69) is 231 Å². The number of nitrogens with zero attached hydrogens (tertiary/aromatic N) is 3. The van der Waals surface area contributed by atoms with E-state index < -0.39 is 0 Å². The van der Waals surface area contributed by atoms with Crippen LogP contribution in [0.4, 0.5) is 0 Å². The Bertz CT molecular complexity index is 4080. The predicted octanol–water partition coefficient (Wildman–Crippen LogP) is 17.9. The molecule has 0 N–H and O–H groups in total. The molecule has 0 saturated carbocycles. The Morgan fingerprint density at radius 1 is 0.571 bits per heavy atom. The van der Waals surface area contributed by atoms with Crippen LogP contribution in [0, 0.1) is 0 Å². The van der Waals surface area contributed by atoms with Crippen molar-refractivity contribution in [3.8, 4) is 27.9 Å². The van der Waals surface area contributed by atoms with Gasteiger partial charge in [0.05, 0.1) is 22.8 Å². The van der Waals surface area contributed by atoms with Crippen LogP contribution in [0.5, 0.6) is 0 Å². The standard InChI is InChI=1S/C66H49N3S/c1-4-19-58(41(2)62-53-31-14-12-28-50(53)51-29-13-15-32-54(51)62)68-66(67-42(3)45-25-18-26-46(38-45)43-20-6-5-7-21-43)56-36-37-61-63(55-35-34-44-22-10-11-27-49(44)65(55)70-61)64(56)69-59-33-17-16-30-52(59)57-39-47-23-8-9-24-48(47)40-60(57)69/h5-18,20-40,58,62H,2,4,19H2,1,3H3. The molecule has 0 fully saturated rings. The topological polar surface area (TPSA) is 29.6 Å². The van der Waals surface area contributed by atoms with E-state index in [1.165, 1.54) is 80.3 Å². The van der Waals surface area contributed by atoms with Crippen LogP contribution >= 0.6 is 11.3 Å². The first kappa shape index (κ1) is 42.0. The number of benzene rings is 10. The minimum absolute atomic E-state index is 0.00301. The van der Waals surface area contributed by atoms with Gasteiger partial charge < -0.3 is 4.57 Å². The van der Waals surface area contributed by atoms with Crippen LogP contribution < -0.4 is 0 Å². The van der Waals surface area contributed by atoms with Crippen molar-refractivity contribution in [3.63, 3.8) is 0 Å². The molecule has 2 aromatic heterocycles. The van der Waals surface area contributed by atoms with Gasteiger partial charge in [-0.25, -0.2) is 4.99 Å². The largest absolute Gasteiger partial charge is 0.308 e. The molecule has 70 heavy (non-hydrogen) atoms. The van der Waals surface area contributed by atoms with Gasteiger partial charge in [0, 0.05) is 48.1 Å². The van der Waals surface area contributed by atoms with E-state index in [4.69, 9.17) is 16.6 Å². The summed E-state index contributed by atoms with van der Waals surface area (Å²) in [5.74, 6) is 0.703. The summed E-state index contributed by atoms with van der Waals surface area (Å²) < 4.78 is 5.03. The maximum atomic E-state index is 5.99. The Morgan fingerprint density at radius 3 is 2.00 bits per heavy atom. The van der Waals surface area contributed by atoms with Gasteiger partial charge in [-0.1, -0.05) is 196 Å². The summed E-state index contributed by atoms with van der Waals surface area (Å²) in [4.78, 5) is 11.8. The maximum absolute atomic E-state index is 5.99. The summed E-state index contributed by atoms with van der Waals surface area (Å²) >= 11 is 1.87. The van der Waals surface area contributed by atoms with Gasteiger partial charge in [-0.05, 0) is 116 Å². The lowest BCUT2D eigenvalue weighted by atomic mass is 9.84. The fraction of sp³-hybridized carbons (Fsp3) is 0.0909. The summed E-state index contributed by atoms with van der Waals surface area (Å²) in [6, 6.07) is 77.3. The van der Waals surface area contributed by atoms with Crippen LogP contribution in [0.25, 0.3) is 91.5 Å². The second-order valence-corrected chi connectivity index (χ2v) is 19.8. The maximum Gasteiger partial charge on any atom is 0.157 e. The number of fused-ring (bicyclic) bond motifs is 12. The van der Waals surface area contributed by atoms with Crippen molar-refractivity contribution >= 4 is 86.4 Å². The van der Waals surface area contributed by atoms with Gasteiger partial charge in [-0.15, -0.1) is 11.3 Å². The molecule has 3 nitrogen and oxygen atoms in total. The number of hydrogen-bond acceptors (Lipinski definition) is 2. The van der Waals surface area contributed by atoms with E-state index in [1.54, 1.807) is 0 Å². The lowest BCUT2D eigenvalue weighted by molar-refractivity contribution is 0.648. The zero-order valence-electron chi connectivity index (χ0n) is 39.2. The molecule has 12 aromatic rings. The SMILES string of the molecule is C=C(C(CCC)N=C(N=C(C)c1cccc(-c2ccccc2)c1)c1ccc2sc3c4ccccc4ccc3c2c1-n1c2ccccc2c2cc3ccccc3cc21)C1c2ccccc2-c2ccccc21. The van der Waals surface area contributed by atoms with Crippen molar-refractivity contribution in [1.82, 2.24) is 4.57 Å². The number of amidine groups is 1. The van der Waals surface area contributed by atoms with Crippen molar-refractivity contribution in [1.29, 1.82) is 0 Å². The van der Waals surface area contributed by atoms with Crippen molar-refractivity contribution in [2.75, 3.05) is 0 Å². The predicted molar refractivity (Wildman–Crippen MR) is 301 cm³/mol. The highest BCUT2D eigenvalue weighted by Gasteiger charge is 2.33. The first-order valence-electron chi connectivity index (χ1n) is 24.5. The second kappa shape index (κ2) is 17.1. The highest BCUT2D eigenvalue weighted by atomic mass is 32.1. The van der Waals surface area contributed by atoms with Gasteiger partial charge in [-0.2, -0.15) is 0 Å². The van der Waals surface area contributed by atoms with Crippen molar-refractivity contribution in [3.05, 3.63) is 247 Å². The van der Waals surface area contributed by atoms with E-state index in [0.717, 1.165) is 57.5 Å². The third kappa shape index (κ3) is 6.85. The molecule has 10 aromatic carbocycles. The Kier molecular flexibility index (Phi) is 10.3. The fourth-order valence-electron chi connectivity index (χ4n) is 11.3. The highest BCUT2D eigenvalue weighted by molar-refractivity contribution is 7.26. The van der Waals surface area contributed by atoms with Gasteiger partial charge in [-0.3, -0.25) is 4.99 Å². The van der Waals surface area contributed by atoms with Crippen molar-refractivity contribution in [2.24, 2.45) is 9.98 Å². The molecule has 0 amide bonds. The summed E-state index contributed by atoms with van der Waals surface area (Å²) in [5.41, 5.74) is 14.9. The minimum atomic E-state index is -0.231. The van der Waals surface area contributed by atoms with Gasteiger partial charge in [0.2, 0.25) is 0 Å². The molecule has 2 heterocycles. The van der Waals surface area contributed by atoms with Gasteiger partial charge in [0.25, 0.3) is 0 Å². The normalized spacial score (nSPS) is 13.5. The number of aromatic nitrogens is 1. The van der Waals surface area contributed by atoms with Crippen LogP contribution in [-0.4, -0.2) is 22.2 Å². The molecule has 1 aliphatic carbocycles. The molecule has 13 rings (SSSR count). The molecule has 0 bridgehead atoms. The molecule has 0 saturated heterocycles. The molecule has 0 radical (unpaired) electrons. The van der Waals surface area contributed by atoms with E-state index in [1.807, 2.05) is 11.3 Å². The molecule has 1 unspecified atom stereocenters. The van der Waals surface area contributed by atoms with Crippen molar-refractivity contribution in [2.45, 2.75) is 38.6 Å². The van der Waals surface area contributed by atoms with Crippen LogP contribution in [0.15, 0.2) is 234 Å². The number of rotatable bonds is 9. The van der Waals surface area contributed by atoms with Crippen LogP contribution in [0.2, 0.25) is 0 Å². The average molecular weight is 916 g/mol. The molecular weight excluding hydrogens is 867 g/mol. The fourth-order valence-corrected chi connectivity index (χ4v) is 12.6. The quantitative estimate of drug-likeness (QED) is 0.0785. The Morgan fingerprint density at radius 2 is 1.23 bits per heavy atom. The number of para-hydroxylation sites is 1. The van der Waals surface area contributed by atoms with E-state index in [0.29, 0.717) is 5.84 Å². The van der Waals surface area contributed by atoms with Crippen molar-refractivity contribution < 1.29 is 0 Å².